The number of hydrogen-bond donors (Lipinski definition) is 1. The molecule has 3 aromatic rings. The number of fused-ring (bicyclic) bond motifs is 1. The highest BCUT2D eigenvalue weighted by Gasteiger charge is 2.07. The molecule has 3 rings (SSSR count). The van der Waals surface area contributed by atoms with Gasteiger partial charge in [0.2, 0.25) is 0 Å². The molecule has 18 heavy (non-hydrogen) atoms. The molecule has 2 nitrogen and oxygen atoms in total. The zero-order chi connectivity index (χ0) is 12.4. The first-order chi connectivity index (χ1) is 8.88. The summed E-state index contributed by atoms with van der Waals surface area (Å²) in [4.78, 5) is 4.66. The second-order valence-electron chi connectivity index (χ2n) is 4.21. The van der Waals surface area contributed by atoms with Crippen molar-refractivity contribution in [3.63, 3.8) is 0 Å². The third-order valence-corrected chi connectivity index (χ3v) is 3.02. The van der Waals surface area contributed by atoms with Crippen LogP contribution in [0.15, 0.2) is 60.7 Å². The molecule has 1 N–H and O–H groups in total. The number of aromatic nitrogens is 1. The topological polar surface area (TPSA) is 33.1 Å². The maximum atomic E-state index is 9.50. The Kier molecular flexibility index (Phi) is 2.79. The Hall–Kier alpha value is -2.19. The summed E-state index contributed by atoms with van der Waals surface area (Å²) in [6.07, 6.45) is 0. The van der Waals surface area contributed by atoms with E-state index in [1.807, 2.05) is 60.7 Å². The molecule has 1 aromatic heterocycles. The monoisotopic (exact) mass is 235 g/mol. The molecule has 2 aromatic carbocycles. The molecule has 0 radical (unpaired) electrons. The van der Waals surface area contributed by atoms with Crippen molar-refractivity contribution in [2.75, 3.05) is 0 Å². The lowest BCUT2D eigenvalue weighted by Gasteiger charge is -2.08. The van der Waals surface area contributed by atoms with E-state index in [4.69, 9.17) is 0 Å². The Morgan fingerprint density at radius 2 is 1.61 bits per heavy atom. The molecule has 0 spiro atoms. The van der Waals surface area contributed by atoms with Gasteiger partial charge in [-0.05, 0) is 12.1 Å². The van der Waals surface area contributed by atoms with Crippen LogP contribution >= 0.6 is 0 Å². The Labute approximate surface area is 106 Å². The van der Waals surface area contributed by atoms with Crippen molar-refractivity contribution in [1.29, 1.82) is 0 Å². The number of hydrogen-bond acceptors (Lipinski definition) is 2. The summed E-state index contributed by atoms with van der Waals surface area (Å²) >= 11 is 0. The average Bonchev–Trinajstić information content (AvgIpc) is 2.46. The number of nitrogens with zero attached hydrogens (tertiary/aromatic N) is 1. The number of aliphatic hydroxyl groups excluding tert-OH is 1. The normalized spacial score (nSPS) is 10.7. The zero-order valence-corrected chi connectivity index (χ0v) is 9.88. The Morgan fingerprint density at radius 3 is 2.39 bits per heavy atom. The van der Waals surface area contributed by atoms with E-state index < -0.39 is 0 Å². The Balaban J connectivity index is 2.27. The van der Waals surface area contributed by atoms with Crippen LogP contribution in [0.2, 0.25) is 0 Å². The lowest BCUT2D eigenvalue weighted by molar-refractivity contribution is 0.282. The van der Waals surface area contributed by atoms with Gasteiger partial charge < -0.3 is 5.11 Å². The van der Waals surface area contributed by atoms with Gasteiger partial charge in [-0.2, -0.15) is 0 Å². The van der Waals surface area contributed by atoms with Gasteiger partial charge in [-0.3, -0.25) is 0 Å². The summed E-state index contributed by atoms with van der Waals surface area (Å²) in [5.74, 6) is 0. The molecule has 0 saturated carbocycles. The molecular weight excluding hydrogens is 222 g/mol. The van der Waals surface area contributed by atoms with Crippen molar-refractivity contribution >= 4 is 10.9 Å². The SMILES string of the molecule is OCc1cc2ccccc2nc1-c1ccccc1. The maximum Gasteiger partial charge on any atom is 0.0764 e. The molecule has 0 aliphatic carbocycles. The molecule has 0 atom stereocenters. The van der Waals surface area contributed by atoms with E-state index in [0.717, 1.165) is 27.7 Å². The predicted molar refractivity (Wildman–Crippen MR) is 73.1 cm³/mol. The van der Waals surface area contributed by atoms with Gasteiger partial charge in [0.05, 0.1) is 17.8 Å². The van der Waals surface area contributed by atoms with E-state index in [1.165, 1.54) is 0 Å². The van der Waals surface area contributed by atoms with Gasteiger partial charge in [0.15, 0.2) is 0 Å². The van der Waals surface area contributed by atoms with Crippen LogP contribution < -0.4 is 0 Å². The molecule has 0 bridgehead atoms. The van der Waals surface area contributed by atoms with Crippen molar-refractivity contribution < 1.29 is 5.11 Å². The number of rotatable bonds is 2. The minimum Gasteiger partial charge on any atom is -0.392 e. The largest absolute Gasteiger partial charge is 0.392 e. The lowest BCUT2D eigenvalue weighted by Crippen LogP contribution is -1.94. The summed E-state index contributed by atoms with van der Waals surface area (Å²) in [5, 5.41) is 10.6. The van der Waals surface area contributed by atoms with E-state index in [-0.39, 0.29) is 6.61 Å². The van der Waals surface area contributed by atoms with Crippen LogP contribution in [0.5, 0.6) is 0 Å². The second kappa shape index (κ2) is 4.59. The first kappa shape index (κ1) is 10.9. The molecule has 88 valence electrons. The fourth-order valence-electron chi connectivity index (χ4n) is 2.13. The van der Waals surface area contributed by atoms with Crippen molar-refractivity contribution in [2.45, 2.75) is 6.61 Å². The van der Waals surface area contributed by atoms with Crippen LogP contribution in [0, 0.1) is 0 Å². The summed E-state index contributed by atoms with van der Waals surface area (Å²) < 4.78 is 0. The molecule has 0 aliphatic rings. The molecule has 2 heteroatoms. The number of pyridine rings is 1. The summed E-state index contributed by atoms with van der Waals surface area (Å²) in [6, 6.07) is 19.9. The van der Waals surface area contributed by atoms with Crippen molar-refractivity contribution in [3.8, 4) is 11.3 Å². The summed E-state index contributed by atoms with van der Waals surface area (Å²) in [7, 11) is 0. The van der Waals surface area contributed by atoms with Crippen LogP contribution in [0.4, 0.5) is 0 Å². The van der Waals surface area contributed by atoms with Gasteiger partial charge in [-0.25, -0.2) is 4.98 Å². The average molecular weight is 235 g/mol. The van der Waals surface area contributed by atoms with Gasteiger partial charge in [-0.1, -0.05) is 48.5 Å². The van der Waals surface area contributed by atoms with E-state index in [0.29, 0.717) is 0 Å². The van der Waals surface area contributed by atoms with E-state index in [2.05, 4.69) is 4.98 Å². The first-order valence-electron chi connectivity index (χ1n) is 5.93. The van der Waals surface area contributed by atoms with Crippen LogP contribution in [0.1, 0.15) is 5.56 Å². The molecule has 0 saturated heterocycles. The molecule has 0 aliphatic heterocycles. The highest BCUT2D eigenvalue weighted by Crippen LogP contribution is 2.25. The van der Waals surface area contributed by atoms with Crippen molar-refractivity contribution in [3.05, 3.63) is 66.2 Å². The van der Waals surface area contributed by atoms with Gasteiger partial charge in [0.25, 0.3) is 0 Å². The van der Waals surface area contributed by atoms with Gasteiger partial charge in [0, 0.05) is 16.5 Å². The van der Waals surface area contributed by atoms with Crippen LogP contribution in [-0.4, -0.2) is 10.1 Å². The Bertz CT molecular complexity index is 677. The highest BCUT2D eigenvalue weighted by atomic mass is 16.3. The smallest absolute Gasteiger partial charge is 0.0764 e. The van der Waals surface area contributed by atoms with E-state index >= 15 is 0 Å². The second-order valence-corrected chi connectivity index (χ2v) is 4.21. The number of para-hydroxylation sites is 1. The molecule has 1 heterocycles. The highest BCUT2D eigenvalue weighted by molar-refractivity contribution is 5.83. The van der Waals surface area contributed by atoms with Crippen LogP contribution in [0.25, 0.3) is 22.2 Å². The standard InChI is InChI=1S/C16H13NO/c18-11-14-10-13-8-4-5-9-15(13)17-16(14)12-6-2-1-3-7-12/h1-10,18H,11H2. The third-order valence-electron chi connectivity index (χ3n) is 3.02. The third kappa shape index (κ3) is 1.87. The fourth-order valence-corrected chi connectivity index (χ4v) is 2.13. The van der Waals surface area contributed by atoms with Gasteiger partial charge in [0.1, 0.15) is 0 Å². The molecular formula is C16H13NO. The quantitative estimate of drug-likeness (QED) is 0.738. The Morgan fingerprint density at radius 1 is 0.889 bits per heavy atom. The molecule has 0 amide bonds. The van der Waals surface area contributed by atoms with Crippen molar-refractivity contribution in [2.24, 2.45) is 0 Å². The van der Waals surface area contributed by atoms with Gasteiger partial charge >= 0.3 is 0 Å². The fraction of sp³-hybridized carbons (Fsp3) is 0.0625. The van der Waals surface area contributed by atoms with Crippen molar-refractivity contribution in [1.82, 2.24) is 4.98 Å². The minimum absolute atomic E-state index is 0.00205. The van der Waals surface area contributed by atoms with E-state index in [1.54, 1.807) is 0 Å². The lowest BCUT2D eigenvalue weighted by atomic mass is 10.0. The first-order valence-corrected chi connectivity index (χ1v) is 5.93. The summed E-state index contributed by atoms with van der Waals surface area (Å²) in [5.41, 5.74) is 3.71. The van der Waals surface area contributed by atoms with E-state index in [9.17, 15) is 5.11 Å². The minimum atomic E-state index is 0.00205. The number of benzene rings is 2. The van der Waals surface area contributed by atoms with Crippen LogP contribution in [-0.2, 0) is 6.61 Å². The molecule has 0 unspecified atom stereocenters. The summed E-state index contributed by atoms with van der Waals surface area (Å²) in [6.45, 7) is 0.00205. The predicted octanol–water partition coefficient (Wildman–Crippen LogP) is 3.39. The number of aliphatic hydroxyl groups is 1. The molecule has 0 fully saturated rings. The van der Waals surface area contributed by atoms with Gasteiger partial charge in [-0.15, -0.1) is 0 Å². The zero-order valence-electron chi connectivity index (χ0n) is 9.88. The van der Waals surface area contributed by atoms with Crippen LogP contribution in [0.3, 0.4) is 0 Å². The maximum absolute atomic E-state index is 9.50.